The summed E-state index contributed by atoms with van der Waals surface area (Å²) < 4.78 is 34.8. The lowest BCUT2D eigenvalue weighted by Crippen LogP contribution is -2.37. The van der Waals surface area contributed by atoms with Gasteiger partial charge in [0.15, 0.2) is 6.10 Å². The molecule has 102 heavy (non-hydrogen) atoms. The molecular weight excluding hydrogens is 1280 g/mol. The van der Waals surface area contributed by atoms with E-state index in [2.05, 4.69) is 208 Å². The number of likely N-dealkylation sites (N-methyl/N-ethyl adjacent to an activating group) is 1. The van der Waals surface area contributed by atoms with Crippen LogP contribution in [-0.2, 0) is 32.7 Å². The van der Waals surface area contributed by atoms with E-state index >= 15 is 0 Å². The molecule has 0 aliphatic carbocycles. The lowest BCUT2D eigenvalue weighted by Gasteiger charge is -2.24. The Morgan fingerprint density at radius 2 is 0.529 bits per heavy atom. The second-order valence-corrected chi connectivity index (χ2v) is 29.5. The highest BCUT2D eigenvalue weighted by Gasteiger charge is 2.27. The molecule has 0 bridgehead atoms. The third kappa shape index (κ3) is 83.8. The Balaban J connectivity index is 4.04. The SMILES string of the molecule is CC/C=C\C/C=C\C/C=C\C/C=C\C/C=C\C/C=C\C/C=C\C/C=C\C/C=C\C/C=C\C/C=C\CCCCCCCCCC(=O)OC(COC(=O)CCCCCCCCCCCCCCCCCCCCCCC/C=C\C/C=C\C/C=C\C/C=C\C/C=C\CC)COP(=O)(O)OCC[N+](C)(C)C. The number of ether oxygens (including phenoxy) is 2. The van der Waals surface area contributed by atoms with E-state index in [1.807, 2.05) is 21.1 Å². The number of nitrogens with zero attached hydrogens (tertiary/aromatic N) is 1. The van der Waals surface area contributed by atoms with Gasteiger partial charge >= 0.3 is 19.8 Å². The summed E-state index contributed by atoms with van der Waals surface area (Å²) in [6, 6.07) is 0. The van der Waals surface area contributed by atoms with Crippen molar-refractivity contribution in [3.8, 4) is 0 Å². The fourth-order valence-corrected chi connectivity index (χ4v) is 11.7. The van der Waals surface area contributed by atoms with Crippen LogP contribution in [0, 0.1) is 0 Å². The molecule has 2 atom stereocenters. The quantitative estimate of drug-likeness (QED) is 0.0211. The van der Waals surface area contributed by atoms with Crippen LogP contribution in [0.3, 0.4) is 0 Å². The normalized spacial score (nSPS) is 14.1. The van der Waals surface area contributed by atoms with Crippen LogP contribution < -0.4 is 0 Å². The number of rotatable bonds is 74. The minimum absolute atomic E-state index is 0.0218. The van der Waals surface area contributed by atoms with Gasteiger partial charge < -0.3 is 18.9 Å². The summed E-state index contributed by atoms with van der Waals surface area (Å²) in [5.41, 5.74) is 0. The van der Waals surface area contributed by atoms with Crippen LogP contribution in [0.5, 0.6) is 0 Å². The van der Waals surface area contributed by atoms with Gasteiger partial charge in [-0.2, -0.15) is 0 Å². The maximum atomic E-state index is 12.9. The molecule has 2 unspecified atom stereocenters. The maximum absolute atomic E-state index is 12.9. The molecule has 0 spiro atoms. The summed E-state index contributed by atoms with van der Waals surface area (Å²) in [6.07, 6.45) is 124. The van der Waals surface area contributed by atoms with Crippen LogP contribution in [0.2, 0.25) is 0 Å². The van der Waals surface area contributed by atoms with Crippen molar-refractivity contribution in [3.05, 3.63) is 194 Å². The average Bonchev–Trinajstić information content (AvgIpc) is 0.916. The van der Waals surface area contributed by atoms with Gasteiger partial charge in [0, 0.05) is 12.8 Å². The van der Waals surface area contributed by atoms with Gasteiger partial charge in [-0.1, -0.05) is 362 Å². The zero-order valence-electron chi connectivity index (χ0n) is 66.0. The molecule has 0 aromatic carbocycles. The molecule has 1 N–H and O–H groups in total. The van der Waals surface area contributed by atoms with Crippen LogP contribution in [0.25, 0.3) is 0 Å². The summed E-state index contributed by atoms with van der Waals surface area (Å²) in [7, 11) is 1.46. The molecule has 0 saturated carbocycles. The van der Waals surface area contributed by atoms with Crippen molar-refractivity contribution in [1.29, 1.82) is 0 Å². The van der Waals surface area contributed by atoms with E-state index < -0.39 is 26.5 Å². The minimum atomic E-state index is -4.41. The first-order chi connectivity index (χ1) is 50.0. The number of unbranched alkanes of at least 4 members (excludes halogenated alkanes) is 28. The van der Waals surface area contributed by atoms with E-state index in [4.69, 9.17) is 18.5 Å². The zero-order chi connectivity index (χ0) is 74.0. The van der Waals surface area contributed by atoms with Gasteiger partial charge in [0.1, 0.15) is 19.8 Å². The Kier molecular flexibility index (Phi) is 75.9. The van der Waals surface area contributed by atoms with E-state index in [0.717, 1.165) is 148 Å². The largest absolute Gasteiger partial charge is 0.472 e. The van der Waals surface area contributed by atoms with Crippen molar-refractivity contribution in [1.82, 2.24) is 0 Å². The summed E-state index contributed by atoms with van der Waals surface area (Å²) in [4.78, 5) is 36.0. The van der Waals surface area contributed by atoms with Gasteiger partial charge in [-0.05, 0) is 141 Å². The number of allylic oxidation sites excluding steroid dienone is 32. The molecule has 0 aromatic heterocycles. The molecule has 10 heteroatoms. The summed E-state index contributed by atoms with van der Waals surface area (Å²) in [5, 5.41) is 0. The van der Waals surface area contributed by atoms with Gasteiger partial charge in [0.25, 0.3) is 0 Å². The number of hydrogen-bond donors (Lipinski definition) is 1. The molecule has 0 saturated heterocycles. The Hall–Kier alpha value is -5.15. The molecule has 0 heterocycles. The summed E-state index contributed by atoms with van der Waals surface area (Å²) >= 11 is 0. The van der Waals surface area contributed by atoms with E-state index in [1.54, 1.807) is 0 Å². The Morgan fingerprint density at radius 3 is 0.784 bits per heavy atom. The van der Waals surface area contributed by atoms with E-state index in [-0.39, 0.29) is 32.0 Å². The minimum Gasteiger partial charge on any atom is -0.462 e. The first-order valence-corrected chi connectivity index (χ1v) is 42.7. The molecular formula is C92H153NO8P+. The van der Waals surface area contributed by atoms with Crippen molar-refractivity contribution < 1.29 is 42.1 Å². The second kappa shape index (κ2) is 80.0. The van der Waals surface area contributed by atoms with Crippen molar-refractivity contribution in [2.75, 3.05) is 47.5 Å². The highest BCUT2D eigenvalue weighted by Crippen LogP contribution is 2.43. The number of hydrogen-bond acceptors (Lipinski definition) is 7. The van der Waals surface area contributed by atoms with Gasteiger partial charge in [-0.3, -0.25) is 18.6 Å². The number of phosphoric acid groups is 1. The third-order valence-corrected chi connectivity index (χ3v) is 18.1. The lowest BCUT2D eigenvalue weighted by atomic mass is 10.0. The fraction of sp³-hybridized carbons (Fsp3) is 0.630. The molecule has 0 aliphatic heterocycles. The van der Waals surface area contributed by atoms with Crippen LogP contribution in [0.4, 0.5) is 0 Å². The lowest BCUT2D eigenvalue weighted by molar-refractivity contribution is -0.870. The van der Waals surface area contributed by atoms with Crippen LogP contribution in [-0.4, -0.2) is 74.9 Å². The number of carbonyl (C=O) groups is 2. The average molecular weight is 1430 g/mol. The van der Waals surface area contributed by atoms with E-state index in [1.165, 1.54) is 141 Å². The molecule has 0 fully saturated rings. The Bertz CT molecular complexity index is 2440. The maximum Gasteiger partial charge on any atom is 0.472 e. The second-order valence-electron chi connectivity index (χ2n) is 28.0. The monoisotopic (exact) mass is 1430 g/mol. The smallest absolute Gasteiger partial charge is 0.462 e. The molecule has 0 aromatic rings. The zero-order valence-corrected chi connectivity index (χ0v) is 66.9. The summed E-state index contributed by atoms with van der Waals surface area (Å²) in [5.74, 6) is -0.811. The molecule has 0 radical (unpaired) electrons. The number of phosphoric ester groups is 1. The van der Waals surface area contributed by atoms with Crippen LogP contribution >= 0.6 is 7.82 Å². The summed E-state index contributed by atoms with van der Waals surface area (Å²) in [6.45, 7) is 4.20. The topological polar surface area (TPSA) is 108 Å². The highest BCUT2D eigenvalue weighted by atomic mass is 31.2. The van der Waals surface area contributed by atoms with E-state index in [0.29, 0.717) is 17.4 Å². The van der Waals surface area contributed by atoms with Gasteiger partial charge in [0.2, 0.25) is 0 Å². The fourth-order valence-electron chi connectivity index (χ4n) is 10.9. The van der Waals surface area contributed by atoms with E-state index in [9.17, 15) is 19.0 Å². The van der Waals surface area contributed by atoms with Gasteiger partial charge in [-0.25, -0.2) is 4.57 Å². The molecule has 578 valence electrons. The first kappa shape index (κ1) is 96.8. The first-order valence-electron chi connectivity index (χ1n) is 41.2. The Labute approximate surface area is 628 Å². The number of carbonyl (C=O) groups excluding carboxylic acids is 2. The standard InChI is InChI=1S/C92H152NO8P/c1-6-8-10-12-14-16-18-20-22-24-26-28-30-32-34-36-38-40-42-44-45-46-47-49-51-53-55-57-59-61-63-65-67-69-71-73-75-77-79-81-83-85-92(95)101-90(89-100-102(96,97)99-87-86-93(3,4)5)88-98-91(94)84-82-80-78-76-74-72-70-68-66-64-62-60-58-56-54-52-50-48-43-41-39-37-35-33-31-29-27-25-23-21-19-17-15-13-11-9-7-2/h8-11,14-17,20-23,26-29,32-35,38,40,44-45,47,49,53,55,59,61,65,67,90H,6-7,12-13,18-19,24-25,30-31,36-37,39,41-43,46,48,50-52,54,56-58,60,62-64,66,68-89H2,1-5H3/p+1/b10-8-,11-9-,16-14-,17-15-,22-20-,23-21-,28-26-,29-27-,34-32-,35-33-,40-38-,45-44-,49-47-,55-53-,61-59-,67-65-. The van der Waals surface area contributed by atoms with Crippen molar-refractivity contribution in [2.24, 2.45) is 0 Å². The molecule has 0 rings (SSSR count). The molecule has 9 nitrogen and oxygen atoms in total. The predicted molar refractivity (Wildman–Crippen MR) is 445 cm³/mol. The number of esters is 2. The van der Waals surface area contributed by atoms with Crippen LogP contribution in [0.15, 0.2) is 194 Å². The van der Waals surface area contributed by atoms with Crippen LogP contribution in [0.1, 0.15) is 322 Å². The van der Waals surface area contributed by atoms with Crippen molar-refractivity contribution in [3.63, 3.8) is 0 Å². The third-order valence-electron chi connectivity index (χ3n) is 17.1. The van der Waals surface area contributed by atoms with Gasteiger partial charge in [-0.15, -0.1) is 0 Å². The van der Waals surface area contributed by atoms with Crippen molar-refractivity contribution in [2.45, 2.75) is 328 Å². The Morgan fingerprint density at radius 1 is 0.304 bits per heavy atom. The van der Waals surface area contributed by atoms with Gasteiger partial charge in [0.05, 0.1) is 27.7 Å². The highest BCUT2D eigenvalue weighted by molar-refractivity contribution is 7.47. The number of quaternary nitrogens is 1. The predicted octanol–water partition coefficient (Wildman–Crippen LogP) is 27.9. The molecule has 0 amide bonds. The van der Waals surface area contributed by atoms with Crippen molar-refractivity contribution >= 4 is 19.8 Å². The molecule has 0 aliphatic rings.